The zero-order chi connectivity index (χ0) is 9.14. The number of halogens is 2. The molecule has 0 bridgehead atoms. The van der Waals surface area contributed by atoms with E-state index in [4.69, 9.17) is 17.3 Å². The lowest BCUT2D eigenvalue weighted by atomic mass is 10.1. The summed E-state index contributed by atoms with van der Waals surface area (Å²) in [7, 11) is 0. The minimum atomic E-state index is 0.0931. The van der Waals surface area contributed by atoms with Crippen LogP contribution in [0, 0.1) is 0 Å². The van der Waals surface area contributed by atoms with E-state index in [1.807, 2.05) is 18.2 Å². The fourth-order valence-electron chi connectivity index (χ4n) is 0.979. The second-order valence-electron chi connectivity index (χ2n) is 2.69. The Morgan fingerprint density at radius 2 is 2.25 bits per heavy atom. The summed E-state index contributed by atoms with van der Waals surface area (Å²) < 4.78 is 0.913. The first-order chi connectivity index (χ1) is 5.65. The molecular formula is C9H11BrClN. The van der Waals surface area contributed by atoms with Crippen molar-refractivity contribution >= 4 is 27.5 Å². The fraction of sp³-hybridized carbons (Fsp3) is 0.333. The molecule has 0 saturated carbocycles. The van der Waals surface area contributed by atoms with Crippen LogP contribution in [0.3, 0.4) is 0 Å². The Morgan fingerprint density at radius 3 is 2.75 bits per heavy atom. The van der Waals surface area contributed by atoms with Crippen molar-refractivity contribution in [3.63, 3.8) is 0 Å². The SMILES string of the molecule is CC[C@H](N)c1ccc(Br)c(Cl)c1. The number of hydrogen-bond donors (Lipinski definition) is 1. The van der Waals surface area contributed by atoms with Crippen LogP contribution in [0.2, 0.25) is 5.02 Å². The highest BCUT2D eigenvalue weighted by molar-refractivity contribution is 9.10. The summed E-state index contributed by atoms with van der Waals surface area (Å²) in [6.45, 7) is 2.06. The molecule has 0 aliphatic rings. The van der Waals surface area contributed by atoms with E-state index in [9.17, 15) is 0 Å². The fourth-order valence-corrected chi connectivity index (χ4v) is 1.41. The van der Waals surface area contributed by atoms with Gasteiger partial charge in [0.2, 0.25) is 0 Å². The predicted octanol–water partition coefficient (Wildman–Crippen LogP) is 3.51. The standard InChI is InChI=1S/C9H11BrClN/c1-2-9(12)6-3-4-7(10)8(11)5-6/h3-5,9H,2,12H2,1H3/t9-/m0/s1. The van der Waals surface area contributed by atoms with E-state index in [1.54, 1.807) is 0 Å². The third-order valence-electron chi connectivity index (χ3n) is 1.81. The molecule has 0 aliphatic carbocycles. The molecule has 1 rings (SSSR count). The van der Waals surface area contributed by atoms with Gasteiger partial charge in [-0.15, -0.1) is 0 Å². The van der Waals surface area contributed by atoms with E-state index >= 15 is 0 Å². The van der Waals surface area contributed by atoms with Crippen molar-refractivity contribution in [2.75, 3.05) is 0 Å². The third-order valence-corrected chi connectivity index (χ3v) is 3.04. The van der Waals surface area contributed by atoms with E-state index in [1.165, 1.54) is 0 Å². The monoisotopic (exact) mass is 247 g/mol. The van der Waals surface area contributed by atoms with Gasteiger partial charge in [0.15, 0.2) is 0 Å². The zero-order valence-electron chi connectivity index (χ0n) is 6.85. The molecule has 0 aromatic heterocycles. The number of nitrogens with two attached hydrogens (primary N) is 1. The Kier molecular flexibility index (Phi) is 3.56. The van der Waals surface area contributed by atoms with Gasteiger partial charge in [-0.05, 0) is 40.0 Å². The lowest BCUT2D eigenvalue weighted by Gasteiger charge is -2.09. The van der Waals surface area contributed by atoms with E-state index < -0.39 is 0 Å². The summed E-state index contributed by atoms with van der Waals surface area (Å²) in [5.74, 6) is 0. The van der Waals surface area contributed by atoms with Gasteiger partial charge in [-0.25, -0.2) is 0 Å². The summed E-state index contributed by atoms with van der Waals surface area (Å²) >= 11 is 9.24. The van der Waals surface area contributed by atoms with E-state index in [0.29, 0.717) is 0 Å². The van der Waals surface area contributed by atoms with E-state index in [0.717, 1.165) is 21.5 Å². The van der Waals surface area contributed by atoms with Crippen LogP contribution >= 0.6 is 27.5 Å². The summed E-state index contributed by atoms with van der Waals surface area (Å²) in [4.78, 5) is 0. The van der Waals surface area contributed by atoms with Crippen LogP contribution in [0.1, 0.15) is 24.9 Å². The smallest absolute Gasteiger partial charge is 0.0551 e. The first-order valence-corrected chi connectivity index (χ1v) is 5.02. The number of benzene rings is 1. The van der Waals surface area contributed by atoms with Gasteiger partial charge in [0.05, 0.1) is 5.02 Å². The second-order valence-corrected chi connectivity index (χ2v) is 3.95. The molecule has 2 N–H and O–H groups in total. The Hall–Kier alpha value is -0.0500. The molecule has 0 amide bonds. The molecule has 66 valence electrons. The molecule has 0 fully saturated rings. The van der Waals surface area contributed by atoms with Crippen LogP contribution in [0.25, 0.3) is 0 Å². The molecule has 1 nitrogen and oxygen atoms in total. The minimum absolute atomic E-state index is 0.0931. The van der Waals surface area contributed by atoms with Gasteiger partial charge < -0.3 is 5.73 Å². The molecule has 0 aliphatic heterocycles. The van der Waals surface area contributed by atoms with Gasteiger partial charge in [0.1, 0.15) is 0 Å². The quantitative estimate of drug-likeness (QED) is 0.851. The Balaban J connectivity index is 2.96. The van der Waals surface area contributed by atoms with E-state index in [2.05, 4.69) is 22.9 Å². The minimum Gasteiger partial charge on any atom is -0.324 e. The van der Waals surface area contributed by atoms with Crippen LogP contribution in [-0.2, 0) is 0 Å². The van der Waals surface area contributed by atoms with Crippen LogP contribution in [0.15, 0.2) is 22.7 Å². The van der Waals surface area contributed by atoms with Crippen molar-refractivity contribution in [3.8, 4) is 0 Å². The summed E-state index contributed by atoms with van der Waals surface area (Å²) in [6.07, 6.45) is 0.929. The molecule has 1 atom stereocenters. The molecule has 1 aromatic carbocycles. The van der Waals surface area contributed by atoms with Gasteiger partial charge in [-0.1, -0.05) is 24.6 Å². The van der Waals surface area contributed by atoms with Gasteiger partial charge in [0, 0.05) is 10.5 Å². The van der Waals surface area contributed by atoms with E-state index in [-0.39, 0.29) is 6.04 Å². The van der Waals surface area contributed by atoms with Crippen molar-refractivity contribution in [2.24, 2.45) is 5.73 Å². The van der Waals surface area contributed by atoms with Crippen LogP contribution in [0.4, 0.5) is 0 Å². The highest BCUT2D eigenvalue weighted by Gasteiger charge is 2.04. The molecule has 12 heavy (non-hydrogen) atoms. The maximum Gasteiger partial charge on any atom is 0.0551 e. The second kappa shape index (κ2) is 4.26. The van der Waals surface area contributed by atoms with Gasteiger partial charge in [-0.2, -0.15) is 0 Å². The third kappa shape index (κ3) is 2.22. The maximum absolute atomic E-state index is 5.91. The first kappa shape index (κ1) is 10.0. The molecule has 0 spiro atoms. The Morgan fingerprint density at radius 1 is 1.58 bits per heavy atom. The molecule has 0 radical (unpaired) electrons. The number of rotatable bonds is 2. The van der Waals surface area contributed by atoms with Crippen molar-refractivity contribution in [1.82, 2.24) is 0 Å². The molecule has 0 heterocycles. The highest BCUT2D eigenvalue weighted by Crippen LogP contribution is 2.26. The van der Waals surface area contributed by atoms with Crippen molar-refractivity contribution in [1.29, 1.82) is 0 Å². The average Bonchev–Trinajstić information content (AvgIpc) is 2.08. The molecule has 3 heteroatoms. The Bertz CT molecular complexity index is 275. The summed E-state index contributed by atoms with van der Waals surface area (Å²) in [6, 6.07) is 5.91. The largest absolute Gasteiger partial charge is 0.324 e. The molecule has 1 aromatic rings. The maximum atomic E-state index is 5.91. The Labute approximate surface area is 86.0 Å². The molecule has 0 unspecified atom stereocenters. The highest BCUT2D eigenvalue weighted by atomic mass is 79.9. The van der Waals surface area contributed by atoms with Crippen LogP contribution in [-0.4, -0.2) is 0 Å². The van der Waals surface area contributed by atoms with Gasteiger partial charge in [0.25, 0.3) is 0 Å². The first-order valence-electron chi connectivity index (χ1n) is 3.85. The average molecular weight is 249 g/mol. The van der Waals surface area contributed by atoms with Crippen LogP contribution in [0.5, 0.6) is 0 Å². The molecule has 0 saturated heterocycles. The van der Waals surface area contributed by atoms with Crippen LogP contribution < -0.4 is 5.73 Å². The van der Waals surface area contributed by atoms with Crippen molar-refractivity contribution in [2.45, 2.75) is 19.4 Å². The van der Waals surface area contributed by atoms with Crippen molar-refractivity contribution < 1.29 is 0 Å². The topological polar surface area (TPSA) is 26.0 Å². The zero-order valence-corrected chi connectivity index (χ0v) is 9.19. The summed E-state index contributed by atoms with van der Waals surface area (Å²) in [5, 5.41) is 0.719. The number of hydrogen-bond acceptors (Lipinski definition) is 1. The normalized spacial score (nSPS) is 13.0. The van der Waals surface area contributed by atoms with Crippen molar-refractivity contribution in [3.05, 3.63) is 33.3 Å². The molecular weight excluding hydrogens is 237 g/mol. The van der Waals surface area contributed by atoms with Gasteiger partial charge >= 0.3 is 0 Å². The predicted molar refractivity (Wildman–Crippen MR) is 56.4 cm³/mol. The lowest BCUT2D eigenvalue weighted by Crippen LogP contribution is -2.08. The lowest BCUT2D eigenvalue weighted by molar-refractivity contribution is 0.698. The summed E-state index contributed by atoms with van der Waals surface area (Å²) in [5.41, 5.74) is 6.93. The van der Waals surface area contributed by atoms with Gasteiger partial charge in [-0.3, -0.25) is 0 Å².